The van der Waals surface area contributed by atoms with Gasteiger partial charge in [0.2, 0.25) is 0 Å². The molecule has 0 saturated heterocycles. The summed E-state index contributed by atoms with van der Waals surface area (Å²) in [5.74, 6) is 0. The molecular weight excluding hydrogens is 1370 g/mol. The van der Waals surface area contributed by atoms with Crippen molar-refractivity contribution in [3.63, 3.8) is 0 Å². The van der Waals surface area contributed by atoms with Gasteiger partial charge in [-0.3, -0.25) is 0 Å². The largest absolute Gasteiger partial charge is 3.00 e. The van der Waals surface area contributed by atoms with Crippen LogP contribution in [0, 0.1) is 170 Å². The van der Waals surface area contributed by atoms with Crippen LogP contribution in [0.5, 0.6) is 0 Å². The van der Waals surface area contributed by atoms with Gasteiger partial charge in [0, 0.05) is 0 Å². The normalized spacial score (nSPS) is 9.64. The Morgan fingerprint density at radius 2 is 0.200 bits per heavy atom. The Kier molecular flexibility index (Phi) is 40.7. The van der Waals surface area contributed by atoms with Crippen LogP contribution in [0.2, 0.25) is 0 Å². The van der Waals surface area contributed by atoms with E-state index in [1.54, 1.807) is 0 Å². The third kappa shape index (κ3) is 10.6. The molecule has 365 valence electrons. The second-order valence-electron chi connectivity index (χ2n) is 8.27. The topological polar surface area (TPSA) is 613 Å². The molecule has 0 aromatic rings. The smallest absolute Gasteiger partial charge is 3.00 e. The minimum Gasteiger partial charge on any atom is 3.00 e. The maximum absolute atomic E-state index is 11.8. The zero-order valence-corrected chi connectivity index (χ0v) is 42.4. The number of hydrogen-bond acceptors (Lipinski definition) is 30. The van der Waals surface area contributed by atoms with E-state index in [2.05, 4.69) is 0 Å². The molecule has 30 nitrogen and oxygen atoms in total. The second-order valence-corrected chi connectivity index (χ2v) is 24.1. The van der Waals surface area contributed by atoms with E-state index in [1.165, 1.54) is 0 Å². The van der Waals surface area contributed by atoms with Crippen molar-refractivity contribution in [2.24, 2.45) is 0 Å². The zero-order valence-electron chi connectivity index (χ0n) is 31.4. The van der Waals surface area contributed by atoms with Crippen LogP contribution in [0.25, 0.3) is 0 Å². The second kappa shape index (κ2) is 33.2. The first-order valence-electron chi connectivity index (χ1n) is 12.8. The first-order valence-corrected chi connectivity index (χ1v) is 21.1. The van der Waals surface area contributed by atoms with Gasteiger partial charge in [0.05, 0.1) is 0 Å². The summed E-state index contributed by atoms with van der Waals surface area (Å²) in [7, 11) is 0. The van der Waals surface area contributed by atoms with Gasteiger partial charge in [-0.15, -0.1) is 0 Å². The van der Waals surface area contributed by atoms with Crippen LogP contribution in [0.4, 0.5) is 0 Å². The fourth-order valence-corrected chi connectivity index (χ4v) is 13.9. The predicted molar refractivity (Wildman–Crippen MR) is 159 cm³/mol. The molecule has 0 aromatic heterocycles. The summed E-state index contributed by atoms with van der Waals surface area (Å²) < 4.78 is -34.9. The zero-order chi connectivity index (χ0) is 50.6. The maximum atomic E-state index is 11.8. The summed E-state index contributed by atoms with van der Waals surface area (Å²) in [5, 5.41) is 129. The van der Waals surface area contributed by atoms with Gasteiger partial charge in [0.15, 0.2) is 0 Å². The Labute approximate surface area is 462 Å². The van der Waals surface area contributed by atoms with Crippen LogP contribution in [0.15, 0.2) is 0 Å². The molecule has 0 saturated carbocycles. The summed E-state index contributed by atoms with van der Waals surface area (Å²) in [6, 6.07) is 9.66. The molecule has 0 spiro atoms. The number of carbonyl (C=O) groups excluding carboxylic acids is 15. The molecule has 0 rings (SSSR count). The molecule has 0 atom stereocenters. The Hall–Kier alpha value is -7.41. The molecule has 0 unspecified atom stereocenters. The van der Waals surface area contributed by atoms with Gasteiger partial charge in [-0.2, -0.15) is 0 Å². The van der Waals surface area contributed by atoms with Gasteiger partial charge in [0.25, 0.3) is 0 Å². The molecule has 40 heteroatoms. The van der Waals surface area contributed by atoms with Crippen molar-refractivity contribution in [1.29, 1.82) is 78.9 Å². The minimum absolute atomic E-state index is 0. The molecule has 70 heavy (non-hydrogen) atoms. The number of nitriles is 15. The van der Waals surface area contributed by atoms with Crippen molar-refractivity contribution in [2.75, 3.05) is 0 Å². The molecule has 0 aliphatic rings. The van der Waals surface area contributed by atoms with Gasteiger partial charge >= 0.3 is 467 Å². The Morgan fingerprint density at radius 3 is 0.229 bits per heavy atom. The monoisotopic (exact) mass is 1370 g/mol. The fraction of sp³-hybridized carbons (Fsp3) is 0. The van der Waals surface area contributed by atoms with E-state index in [0.717, 1.165) is 0 Å². The van der Waals surface area contributed by atoms with Gasteiger partial charge in [-0.05, 0) is 0 Å². The van der Waals surface area contributed by atoms with Gasteiger partial charge in [0.1, 0.15) is 0 Å². The average molecular weight is 1370 g/mol. The van der Waals surface area contributed by atoms with Gasteiger partial charge < -0.3 is 0 Å². The molecule has 0 aliphatic heterocycles. The van der Waals surface area contributed by atoms with E-state index in [9.17, 15) is 71.9 Å². The molecule has 0 heterocycles. The number of hydrogen-bond donors (Lipinski definition) is 0. The number of nitrogens with zero attached hydrogens (tertiary/aromatic N) is 15. The van der Waals surface area contributed by atoms with Crippen LogP contribution in [0.1, 0.15) is 0 Å². The first kappa shape index (κ1) is 85.9. The van der Waals surface area contributed by atoms with Crippen LogP contribution in [-0.2, 0) is 227 Å². The molecule has 0 bridgehead atoms. The first-order chi connectivity index (χ1) is 29.3. The van der Waals surface area contributed by atoms with Crippen LogP contribution >= 0.6 is 0 Å². The summed E-state index contributed by atoms with van der Waals surface area (Å²) in [4.78, 5) is 177. The fourth-order valence-electron chi connectivity index (χ4n) is 3.37. The Balaban J connectivity index is -0.0000000918. The van der Waals surface area contributed by atoms with Gasteiger partial charge in [-0.25, -0.2) is 0 Å². The van der Waals surface area contributed by atoms with E-state index in [1.807, 2.05) is 0 Å². The number of carbonyl (C=O) groups is 15. The number of rotatable bonds is 15. The Morgan fingerprint density at radius 1 is 0.157 bits per heavy atom. The van der Waals surface area contributed by atoms with Crippen LogP contribution in [0.3, 0.4) is 0 Å². The van der Waals surface area contributed by atoms with Crippen LogP contribution < -0.4 is 0 Å². The third-order valence-electron chi connectivity index (χ3n) is 6.09. The molecule has 0 aliphatic carbocycles. The van der Waals surface area contributed by atoms with E-state index >= 15 is 0 Å². The summed E-state index contributed by atoms with van der Waals surface area (Å²) in [6.45, 7) is 0. The molecule has 7 radical (unpaired) electrons. The third-order valence-corrected chi connectivity index (χ3v) is 23.0. The standard InChI is InChI=1S/15C2NO.10Fe/c15*3-1-2-4;;;;;;;;;;/q;;;;;;;;;;;;;;;3*-7;7*+3. The molecule has 0 fully saturated rings. The average Bonchev–Trinajstić information content (AvgIpc) is 3.32. The quantitative estimate of drug-likeness (QED) is 0.109. The predicted octanol–water partition coefficient (Wildman–Crippen LogP) is -6.24. The van der Waals surface area contributed by atoms with E-state index in [4.69, 9.17) is 78.9 Å². The minimum atomic E-state index is -7.03. The van der Waals surface area contributed by atoms with Crippen molar-refractivity contribution >= 4 is 70.2 Å². The van der Waals surface area contributed by atoms with E-state index in [-0.39, 0.29) is 119 Å². The maximum Gasteiger partial charge on any atom is 3.00 e. The Bertz CT molecular complexity index is 2320. The molecule has 0 aromatic carbocycles. The van der Waals surface area contributed by atoms with Crippen molar-refractivity contribution in [3.8, 4) is 91.0 Å². The van der Waals surface area contributed by atoms with Crippen molar-refractivity contribution in [1.82, 2.24) is 0 Å². The summed E-state index contributed by atoms with van der Waals surface area (Å²) >= 11 is -21.1. The van der Waals surface area contributed by atoms with Crippen LogP contribution in [-0.4, -0.2) is 70.2 Å². The van der Waals surface area contributed by atoms with Crippen molar-refractivity contribution in [3.05, 3.63) is 0 Å². The summed E-state index contributed by atoms with van der Waals surface area (Å²) in [6.07, 6.45) is 0. The van der Waals surface area contributed by atoms with Gasteiger partial charge in [-0.1, -0.05) is 0 Å². The SMILES string of the molecule is N#C[C](=O)[Fe-7]([C](=O)C#N)([C](=O)C#N)([C](=O)C#N)[C](=O)C#N.N#C[C](=O)[Fe-7]([C](=O)C#N)([C](=O)C#N)([C](=O)C#N)[C](=O)C#N.N#C[C](=O)[Fe-7]([C](=O)C#N)([C](=O)C#N)([C](=O)C#N)[C](=O)C#N.[Fe+3].[Fe+3].[Fe+3].[Fe+3].[Fe+3].[Fe+3].[Fe+3]. The molecule has 0 amide bonds. The molecular formula is C30Fe10N15O15. The van der Waals surface area contributed by atoms with E-state index in [0.29, 0.717) is 91.0 Å². The van der Waals surface area contributed by atoms with Crippen molar-refractivity contribution in [2.45, 2.75) is 0 Å². The molecule has 0 N–H and O–H groups in total. The van der Waals surface area contributed by atoms with E-state index < -0.39 is 106 Å². The summed E-state index contributed by atoms with van der Waals surface area (Å²) in [5.41, 5.74) is 0. The van der Waals surface area contributed by atoms with Crippen molar-refractivity contribution < 1.29 is 227 Å².